The number of hydrogen-bond acceptors (Lipinski definition) is 3. The van der Waals surface area contributed by atoms with Crippen LogP contribution in [0.1, 0.15) is 24.3 Å². The molecule has 4 heteroatoms. The first kappa shape index (κ1) is 12.2. The molecule has 0 amide bonds. The van der Waals surface area contributed by atoms with Crippen molar-refractivity contribution in [1.82, 2.24) is 4.90 Å². The van der Waals surface area contributed by atoms with Crippen molar-refractivity contribution in [1.29, 1.82) is 0 Å². The van der Waals surface area contributed by atoms with E-state index in [-0.39, 0.29) is 0 Å². The molecule has 0 fully saturated rings. The molecule has 1 atom stereocenters. The van der Waals surface area contributed by atoms with Gasteiger partial charge >= 0.3 is 0 Å². The van der Waals surface area contributed by atoms with Gasteiger partial charge in [-0.1, -0.05) is 6.92 Å². The van der Waals surface area contributed by atoms with E-state index in [1.807, 2.05) is 0 Å². The smallest absolute Gasteiger partial charge is 0.0702 e. The minimum Gasteiger partial charge on any atom is -0.329 e. The maximum absolute atomic E-state index is 5.79. The van der Waals surface area contributed by atoms with Crippen LogP contribution >= 0.6 is 27.3 Å². The molecule has 0 saturated heterocycles. The van der Waals surface area contributed by atoms with Gasteiger partial charge in [0.05, 0.1) is 9.83 Å². The zero-order valence-electron chi connectivity index (χ0n) is 8.66. The molecule has 1 heterocycles. The molecular weight excluding hydrogens is 260 g/mol. The molecule has 2 N–H and O–H groups in total. The third-order valence-electron chi connectivity index (χ3n) is 2.25. The lowest BCUT2D eigenvalue weighted by Gasteiger charge is -2.25. The lowest BCUT2D eigenvalue weighted by Crippen LogP contribution is -2.30. The molecule has 1 rings (SSSR count). The first-order valence-electron chi connectivity index (χ1n) is 4.84. The Morgan fingerprint density at radius 1 is 1.57 bits per heavy atom. The quantitative estimate of drug-likeness (QED) is 0.896. The normalized spacial score (nSPS) is 13.5. The average Bonchev–Trinajstić information content (AvgIpc) is 2.54. The zero-order chi connectivity index (χ0) is 10.6. The fraction of sp³-hybridized carbons (Fsp3) is 0.600. The molecule has 0 radical (unpaired) electrons. The Hall–Kier alpha value is 0.1000. The van der Waals surface area contributed by atoms with Gasteiger partial charge in [-0.2, -0.15) is 0 Å². The Kier molecular flexibility index (Phi) is 5.09. The summed E-state index contributed by atoms with van der Waals surface area (Å²) < 4.78 is 1.18. The predicted molar refractivity (Wildman–Crippen MR) is 66.7 cm³/mol. The Balaban J connectivity index is 2.71. The van der Waals surface area contributed by atoms with Gasteiger partial charge < -0.3 is 5.73 Å². The Morgan fingerprint density at radius 2 is 2.29 bits per heavy atom. The van der Waals surface area contributed by atoms with Gasteiger partial charge in [0.15, 0.2) is 0 Å². The number of likely N-dealkylation sites (N-methyl/N-ethyl adjacent to an activating group) is 1. The van der Waals surface area contributed by atoms with Crippen LogP contribution in [0.4, 0.5) is 0 Å². The molecule has 0 aliphatic heterocycles. The summed E-state index contributed by atoms with van der Waals surface area (Å²) in [6.07, 6.45) is 1.17. The van der Waals surface area contributed by atoms with E-state index in [1.165, 1.54) is 15.1 Å². The van der Waals surface area contributed by atoms with Gasteiger partial charge in [-0.05, 0) is 48.1 Å². The molecule has 1 aromatic rings. The Bertz CT molecular complexity index is 275. The van der Waals surface area contributed by atoms with E-state index in [9.17, 15) is 0 Å². The summed E-state index contributed by atoms with van der Waals surface area (Å²) in [7, 11) is 2.13. The molecule has 1 unspecified atom stereocenters. The first-order valence-corrected chi connectivity index (χ1v) is 6.45. The van der Waals surface area contributed by atoms with Crippen molar-refractivity contribution in [3.63, 3.8) is 0 Å². The van der Waals surface area contributed by atoms with Crippen LogP contribution in [0.5, 0.6) is 0 Å². The number of halogens is 1. The van der Waals surface area contributed by atoms with Gasteiger partial charge in [0.1, 0.15) is 0 Å². The van der Waals surface area contributed by atoms with Crippen molar-refractivity contribution in [2.24, 2.45) is 5.73 Å². The van der Waals surface area contributed by atoms with Crippen LogP contribution in [0, 0.1) is 0 Å². The summed E-state index contributed by atoms with van der Waals surface area (Å²) in [5.41, 5.74) is 5.79. The van der Waals surface area contributed by atoms with Crippen LogP contribution < -0.4 is 5.73 Å². The largest absolute Gasteiger partial charge is 0.329 e. The van der Waals surface area contributed by atoms with E-state index in [2.05, 4.69) is 46.9 Å². The van der Waals surface area contributed by atoms with Crippen molar-refractivity contribution < 1.29 is 0 Å². The van der Waals surface area contributed by atoms with Crippen LogP contribution in [0.15, 0.2) is 15.9 Å². The highest BCUT2D eigenvalue weighted by Gasteiger charge is 2.16. The lowest BCUT2D eigenvalue weighted by atomic mass is 10.2. The van der Waals surface area contributed by atoms with Crippen LogP contribution in [0.25, 0.3) is 0 Å². The summed E-state index contributed by atoms with van der Waals surface area (Å²) >= 11 is 5.25. The second kappa shape index (κ2) is 5.85. The summed E-state index contributed by atoms with van der Waals surface area (Å²) in [5, 5.41) is 0. The van der Waals surface area contributed by atoms with Crippen molar-refractivity contribution in [3.8, 4) is 0 Å². The third kappa shape index (κ3) is 3.05. The second-order valence-electron chi connectivity index (χ2n) is 3.37. The molecule has 0 aliphatic rings. The Morgan fingerprint density at radius 3 is 2.71 bits per heavy atom. The number of hydrogen-bond donors (Lipinski definition) is 1. The number of nitrogens with zero attached hydrogens (tertiary/aromatic N) is 1. The highest BCUT2D eigenvalue weighted by molar-refractivity contribution is 9.11. The Labute approximate surface area is 98.2 Å². The fourth-order valence-electron chi connectivity index (χ4n) is 1.53. The molecule has 0 spiro atoms. The first-order chi connectivity index (χ1) is 6.69. The molecule has 0 saturated carbocycles. The predicted octanol–water partition coefficient (Wildman–Crippen LogP) is 2.85. The van der Waals surface area contributed by atoms with Crippen LogP contribution in [-0.4, -0.2) is 25.0 Å². The molecule has 2 nitrogen and oxygen atoms in total. The maximum atomic E-state index is 5.79. The van der Waals surface area contributed by atoms with Crippen LogP contribution in [0.3, 0.4) is 0 Å². The van der Waals surface area contributed by atoms with Crippen LogP contribution in [-0.2, 0) is 0 Å². The molecular formula is C10H17BrN2S. The van der Waals surface area contributed by atoms with E-state index in [0.717, 1.165) is 6.54 Å². The van der Waals surface area contributed by atoms with Gasteiger partial charge in [-0.3, -0.25) is 4.90 Å². The topological polar surface area (TPSA) is 29.3 Å². The highest BCUT2D eigenvalue weighted by atomic mass is 79.9. The second-order valence-corrected chi connectivity index (χ2v) is 5.87. The number of nitrogens with two attached hydrogens (primary N) is 1. The molecule has 0 aliphatic carbocycles. The van der Waals surface area contributed by atoms with E-state index in [1.54, 1.807) is 11.3 Å². The SMILES string of the molecule is CCCN(C)C(CN)c1ccc(Br)s1. The third-order valence-corrected chi connectivity index (χ3v) is 3.98. The molecule has 0 aromatic carbocycles. The van der Waals surface area contributed by atoms with Crippen molar-refractivity contribution >= 4 is 27.3 Å². The van der Waals surface area contributed by atoms with Crippen molar-refractivity contribution in [3.05, 3.63) is 20.8 Å². The number of rotatable bonds is 5. The standard InChI is InChI=1S/C10H17BrN2S/c1-3-6-13(2)8(7-12)9-4-5-10(11)14-9/h4-5,8H,3,6-7,12H2,1-2H3. The van der Waals surface area contributed by atoms with E-state index >= 15 is 0 Å². The molecule has 14 heavy (non-hydrogen) atoms. The molecule has 0 bridgehead atoms. The van der Waals surface area contributed by atoms with Gasteiger partial charge in [-0.25, -0.2) is 0 Å². The lowest BCUT2D eigenvalue weighted by molar-refractivity contribution is 0.254. The highest BCUT2D eigenvalue weighted by Crippen LogP contribution is 2.29. The summed E-state index contributed by atoms with van der Waals surface area (Å²) in [5.74, 6) is 0. The summed E-state index contributed by atoms with van der Waals surface area (Å²) in [6.45, 7) is 3.97. The summed E-state index contributed by atoms with van der Waals surface area (Å²) in [4.78, 5) is 3.66. The number of thiophene rings is 1. The van der Waals surface area contributed by atoms with Crippen LogP contribution in [0.2, 0.25) is 0 Å². The maximum Gasteiger partial charge on any atom is 0.0702 e. The summed E-state index contributed by atoms with van der Waals surface area (Å²) in [6, 6.07) is 4.60. The van der Waals surface area contributed by atoms with Gasteiger partial charge in [0, 0.05) is 11.4 Å². The van der Waals surface area contributed by atoms with Gasteiger partial charge in [0.2, 0.25) is 0 Å². The minimum absolute atomic E-state index is 0.367. The minimum atomic E-state index is 0.367. The molecule has 80 valence electrons. The fourth-order valence-corrected chi connectivity index (χ4v) is 3.13. The van der Waals surface area contributed by atoms with Gasteiger partial charge in [0.25, 0.3) is 0 Å². The zero-order valence-corrected chi connectivity index (χ0v) is 11.1. The van der Waals surface area contributed by atoms with E-state index < -0.39 is 0 Å². The average molecular weight is 277 g/mol. The molecule has 1 aromatic heterocycles. The van der Waals surface area contributed by atoms with Crippen molar-refractivity contribution in [2.75, 3.05) is 20.1 Å². The van der Waals surface area contributed by atoms with Gasteiger partial charge in [-0.15, -0.1) is 11.3 Å². The van der Waals surface area contributed by atoms with E-state index in [0.29, 0.717) is 12.6 Å². The monoisotopic (exact) mass is 276 g/mol. The van der Waals surface area contributed by atoms with Crippen molar-refractivity contribution in [2.45, 2.75) is 19.4 Å². The van der Waals surface area contributed by atoms with E-state index in [4.69, 9.17) is 5.73 Å².